The normalized spacial score (nSPS) is 16.7. The summed E-state index contributed by atoms with van der Waals surface area (Å²) in [7, 11) is 3.70. The van der Waals surface area contributed by atoms with Crippen LogP contribution in [0.4, 0.5) is 4.39 Å². The van der Waals surface area contributed by atoms with Crippen molar-refractivity contribution in [2.24, 2.45) is 0 Å². The van der Waals surface area contributed by atoms with Crippen LogP contribution >= 0.6 is 0 Å². The lowest BCUT2D eigenvalue weighted by Gasteiger charge is -2.38. The molecule has 0 saturated carbocycles. The number of rotatable bonds is 6. The van der Waals surface area contributed by atoms with Gasteiger partial charge in [-0.1, -0.05) is 12.1 Å². The molecule has 1 N–H and O–H groups in total. The van der Waals surface area contributed by atoms with Gasteiger partial charge in [-0.3, -0.25) is 9.69 Å². The summed E-state index contributed by atoms with van der Waals surface area (Å²) in [6.45, 7) is 4.25. The molecule has 6 heteroatoms. The van der Waals surface area contributed by atoms with Gasteiger partial charge in [0.2, 0.25) is 0 Å². The van der Waals surface area contributed by atoms with E-state index in [1.165, 1.54) is 12.1 Å². The van der Waals surface area contributed by atoms with Crippen LogP contribution in [0.3, 0.4) is 0 Å². The molecule has 0 unspecified atom stereocenters. The summed E-state index contributed by atoms with van der Waals surface area (Å²) in [6, 6.07) is 13.6. The zero-order valence-electron chi connectivity index (χ0n) is 15.8. The second-order valence-electron chi connectivity index (χ2n) is 6.85. The van der Waals surface area contributed by atoms with E-state index in [9.17, 15) is 9.18 Å². The molecular formula is C21H26FN3O2. The number of piperazine rings is 1. The minimum Gasteiger partial charge on any atom is -0.497 e. The number of carbonyl (C=O) groups excluding carboxylic acids is 1. The van der Waals surface area contributed by atoms with Crippen molar-refractivity contribution in [2.45, 2.75) is 6.04 Å². The van der Waals surface area contributed by atoms with E-state index in [-0.39, 0.29) is 17.8 Å². The van der Waals surface area contributed by atoms with E-state index in [4.69, 9.17) is 4.74 Å². The van der Waals surface area contributed by atoms with Gasteiger partial charge < -0.3 is 15.0 Å². The average Bonchev–Trinajstić information content (AvgIpc) is 2.70. The number of carbonyl (C=O) groups is 1. The molecule has 0 bridgehead atoms. The lowest BCUT2D eigenvalue weighted by molar-refractivity contribution is 0.0886. The molecule has 1 heterocycles. The zero-order valence-corrected chi connectivity index (χ0v) is 15.8. The Bertz CT molecular complexity index is 741. The van der Waals surface area contributed by atoms with Crippen LogP contribution in [-0.4, -0.2) is 62.6 Å². The third-order valence-electron chi connectivity index (χ3n) is 5.04. The highest BCUT2D eigenvalue weighted by atomic mass is 19.1. The maximum Gasteiger partial charge on any atom is 0.251 e. The number of nitrogens with one attached hydrogen (secondary N) is 1. The van der Waals surface area contributed by atoms with E-state index in [0.717, 1.165) is 31.7 Å². The van der Waals surface area contributed by atoms with Crippen molar-refractivity contribution in [1.82, 2.24) is 15.1 Å². The Labute approximate surface area is 159 Å². The topological polar surface area (TPSA) is 44.8 Å². The zero-order chi connectivity index (χ0) is 19.2. The number of nitrogens with zero attached hydrogens (tertiary/aromatic N) is 2. The molecule has 0 aliphatic carbocycles. The lowest BCUT2D eigenvalue weighted by Crippen LogP contribution is -2.48. The third-order valence-corrected chi connectivity index (χ3v) is 5.04. The molecule has 1 amide bonds. The summed E-state index contributed by atoms with van der Waals surface area (Å²) >= 11 is 0. The molecule has 1 saturated heterocycles. The summed E-state index contributed by atoms with van der Waals surface area (Å²) in [5.41, 5.74) is 1.60. The van der Waals surface area contributed by atoms with E-state index in [1.54, 1.807) is 43.5 Å². The number of methoxy groups -OCH3 is 1. The van der Waals surface area contributed by atoms with E-state index >= 15 is 0 Å². The highest BCUT2D eigenvalue weighted by molar-refractivity contribution is 5.94. The minimum absolute atomic E-state index is 0.0153. The summed E-state index contributed by atoms with van der Waals surface area (Å²) in [6.07, 6.45) is 0. The Kier molecular flexibility index (Phi) is 6.42. The molecule has 5 nitrogen and oxygen atoms in total. The number of hydrogen-bond acceptors (Lipinski definition) is 4. The maximum atomic E-state index is 13.3. The smallest absolute Gasteiger partial charge is 0.251 e. The van der Waals surface area contributed by atoms with E-state index in [1.807, 2.05) is 0 Å². The van der Waals surface area contributed by atoms with Crippen LogP contribution in [0.5, 0.6) is 5.75 Å². The number of amides is 1. The minimum atomic E-state index is -0.252. The number of benzene rings is 2. The molecule has 2 aromatic rings. The maximum absolute atomic E-state index is 13.3. The van der Waals surface area contributed by atoms with Crippen LogP contribution in [0.1, 0.15) is 22.0 Å². The van der Waals surface area contributed by atoms with Gasteiger partial charge in [0, 0.05) is 38.3 Å². The fourth-order valence-corrected chi connectivity index (χ4v) is 3.31. The highest BCUT2D eigenvalue weighted by Crippen LogP contribution is 2.22. The second kappa shape index (κ2) is 8.97. The standard InChI is InChI=1S/C21H26FN3O2/c1-24-11-13-25(14-12-24)20(16-3-7-18(22)8-4-16)15-23-21(26)17-5-9-19(27-2)10-6-17/h3-10,20H,11-15H2,1-2H3,(H,23,26)/t20-/m1/s1. The molecule has 0 radical (unpaired) electrons. The molecule has 1 aliphatic heterocycles. The van der Waals surface area contributed by atoms with E-state index in [0.29, 0.717) is 17.9 Å². The molecule has 0 spiro atoms. The van der Waals surface area contributed by atoms with Crippen LogP contribution < -0.4 is 10.1 Å². The fraction of sp³-hybridized carbons (Fsp3) is 0.381. The van der Waals surface area contributed by atoms with Crippen molar-refractivity contribution >= 4 is 5.91 Å². The Morgan fingerprint density at radius 2 is 1.70 bits per heavy atom. The molecular weight excluding hydrogens is 345 g/mol. The Morgan fingerprint density at radius 1 is 1.07 bits per heavy atom. The van der Waals surface area contributed by atoms with Crippen LogP contribution in [0.25, 0.3) is 0 Å². The quantitative estimate of drug-likeness (QED) is 0.848. The highest BCUT2D eigenvalue weighted by Gasteiger charge is 2.24. The molecule has 0 aromatic heterocycles. The molecule has 1 fully saturated rings. The van der Waals surface area contributed by atoms with Crippen molar-refractivity contribution in [2.75, 3.05) is 46.9 Å². The van der Waals surface area contributed by atoms with Crippen molar-refractivity contribution in [3.8, 4) is 5.75 Å². The molecule has 27 heavy (non-hydrogen) atoms. The molecule has 3 rings (SSSR count). The SMILES string of the molecule is COc1ccc(C(=O)NC[C@H](c2ccc(F)cc2)N2CCN(C)CC2)cc1. The molecule has 1 atom stereocenters. The molecule has 1 aliphatic rings. The van der Waals surface area contributed by atoms with Crippen LogP contribution in [0.15, 0.2) is 48.5 Å². The Hall–Kier alpha value is -2.44. The Balaban J connectivity index is 1.70. The van der Waals surface area contributed by atoms with Crippen molar-refractivity contribution in [3.05, 3.63) is 65.5 Å². The first-order valence-corrected chi connectivity index (χ1v) is 9.17. The van der Waals surface area contributed by atoms with Gasteiger partial charge in [-0.05, 0) is 49.0 Å². The van der Waals surface area contributed by atoms with Crippen molar-refractivity contribution in [1.29, 1.82) is 0 Å². The van der Waals surface area contributed by atoms with Gasteiger partial charge in [-0.2, -0.15) is 0 Å². The average molecular weight is 371 g/mol. The second-order valence-corrected chi connectivity index (χ2v) is 6.85. The molecule has 2 aromatic carbocycles. The van der Waals surface area contributed by atoms with Crippen LogP contribution in [0, 0.1) is 5.82 Å². The summed E-state index contributed by atoms with van der Waals surface area (Å²) < 4.78 is 18.5. The monoisotopic (exact) mass is 371 g/mol. The Morgan fingerprint density at radius 3 is 2.30 bits per heavy atom. The first kappa shape index (κ1) is 19.3. The van der Waals surface area contributed by atoms with E-state index < -0.39 is 0 Å². The van der Waals surface area contributed by atoms with Gasteiger partial charge in [0.15, 0.2) is 0 Å². The molecule has 144 valence electrons. The summed E-state index contributed by atoms with van der Waals surface area (Å²) in [5, 5.41) is 3.03. The lowest BCUT2D eigenvalue weighted by atomic mass is 10.0. The van der Waals surface area contributed by atoms with Crippen molar-refractivity contribution < 1.29 is 13.9 Å². The van der Waals surface area contributed by atoms with E-state index in [2.05, 4.69) is 22.2 Å². The van der Waals surface area contributed by atoms with Gasteiger partial charge in [0.05, 0.1) is 13.2 Å². The predicted molar refractivity (Wildman–Crippen MR) is 104 cm³/mol. The third kappa shape index (κ3) is 5.05. The predicted octanol–water partition coefficient (Wildman–Crippen LogP) is 2.55. The summed E-state index contributed by atoms with van der Waals surface area (Å²) in [5.74, 6) is 0.338. The number of ether oxygens (including phenoxy) is 1. The first-order valence-electron chi connectivity index (χ1n) is 9.17. The van der Waals surface area contributed by atoms with Gasteiger partial charge >= 0.3 is 0 Å². The number of likely N-dealkylation sites (N-methyl/N-ethyl adjacent to an activating group) is 1. The van der Waals surface area contributed by atoms with Gasteiger partial charge in [0.1, 0.15) is 11.6 Å². The largest absolute Gasteiger partial charge is 0.497 e. The van der Waals surface area contributed by atoms with Gasteiger partial charge in [-0.25, -0.2) is 4.39 Å². The van der Waals surface area contributed by atoms with Crippen molar-refractivity contribution in [3.63, 3.8) is 0 Å². The fourth-order valence-electron chi connectivity index (χ4n) is 3.31. The van der Waals surface area contributed by atoms with Gasteiger partial charge in [0.25, 0.3) is 5.91 Å². The first-order chi connectivity index (χ1) is 13.1. The number of hydrogen-bond donors (Lipinski definition) is 1. The number of halogens is 1. The summed E-state index contributed by atoms with van der Waals surface area (Å²) in [4.78, 5) is 17.2. The van der Waals surface area contributed by atoms with Gasteiger partial charge in [-0.15, -0.1) is 0 Å². The van der Waals surface area contributed by atoms with Crippen LogP contribution in [-0.2, 0) is 0 Å². The van der Waals surface area contributed by atoms with Crippen LogP contribution in [0.2, 0.25) is 0 Å².